The maximum absolute atomic E-state index is 13.6. The molecule has 0 aliphatic carbocycles. The van der Waals surface area contributed by atoms with Crippen molar-refractivity contribution in [2.45, 2.75) is 39.3 Å². The molecule has 0 unspecified atom stereocenters. The topological polar surface area (TPSA) is 41.1 Å². The molecule has 0 aliphatic heterocycles. The lowest BCUT2D eigenvalue weighted by atomic mass is 10.1. The van der Waals surface area contributed by atoms with Crippen LogP contribution in [-0.4, -0.2) is 17.0 Å². The molecule has 3 aromatic rings. The Labute approximate surface area is 174 Å². The van der Waals surface area contributed by atoms with Crippen LogP contribution in [0.2, 0.25) is 0 Å². The summed E-state index contributed by atoms with van der Waals surface area (Å²) in [6.45, 7) is 4.13. The van der Waals surface area contributed by atoms with Crippen molar-refractivity contribution >= 4 is 23.1 Å². The van der Waals surface area contributed by atoms with E-state index in [1.54, 1.807) is 19.2 Å². The standard InChI is InChI=1S/C23H25F3N4/c1-4-6-17-7-11-18(12-8-17)28-22-27-15-20(23(24,25)26)21(29-22)30(3)19-13-9-16(5-2)10-14-19/h7-15H,4-6H2,1-3H3,(H,27,28,29). The highest BCUT2D eigenvalue weighted by molar-refractivity contribution is 5.65. The van der Waals surface area contributed by atoms with Crippen molar-refractivity contribution in [1.29, 1.82) is 0 Å². The highest BCUT2D eigenvalue weighted by Crippen LogP contribution is 2.37. The molecule has 30 heavy (non-hydrogen) atoms. The van der Waals surface area contributed by atoms with Crippen molar-refractivity contribution in [1.82, 2.24) is 9.97 Å². The average molecular weight is 414 g/mol. The van der Waals surface area contributed by atoms with Crippen LogP contribution in [-0.2, 0) is 19.0 Å². The van der Waals surface area contributed by atoms with Crippen LogP contribution in [0.15, 0.2) is 54.7 Å². The van der Waals surface area contributed by atoms with Crippen LogP contribution in [0.1, 0.15) is 37.0 Å². The summed E-state index contributed by atoms with van der Waals surface area (Å²) in [4.78, 5) is 9.52. The maximum Gasteiger partial charge on any atom is 0.421 e. The Hall–Kier alpha value is -3.09. The monoisotopic (exact) mass is 414 g/mol. The van der Waals surface area contributed by atoms with E-state index in [0.29, 0.717) is 5.69 Å². The molecule has 0 amide bonds. The van der Waals surface area contributed by atoms with Crippen molar-refractivity contribution in [3.8, 4) is 0 Å². The lowest BCUT2D eigenvalue weighted by molar-refractivity contribution is -0.137. The fourth-order valence-corrected chi connectivity index (χ4v) is 3.14. The fraction of sp³-hybridized carbons (Fsp3) is 0.304. The fourth-order valence-electron chi connectivity index (χ4n) is 3.14. The van der Waals surface area contributed by atoms with Crippen LogP contribution in [0, 0.1) is 0 Å². The van der Waals surface area contributed by atoms with E-state index >= 15 is 0 Å². The van der Waals surface area contributed by atoms with Gasteiger partial charge < -0.3 is 10.2 Å². The minimum Gasteiger partial charge on any atom is -0.329 e. The maximum atomic E-state index is 13.6. The normalized spacial score (nSPS) is 11.4. The number of aromatic nitrogens is 2. The van der Waals surface area contributed by atoms with Crippen LogP contribution in [0.5, 0.6) is 0 Å². The average Bonchev–Trinajstić information content (AvgIpc) is 2.74. The first-order valence-corrected chi connectivity index (χ1v) is 9.94. The van der Waals surface area contributed by atoms with Gasteiger partial charge in [-0.1, -0.05) is 44.5 Å². The molecule has 0 saturated heterocycles. The Bertz CT molecular complexity index is 967. The van der Waals surface area contributed by atoms with E-state index in [9.17, 15) is 13.2 Å². The summed E-state index contributed by atoms with van der Waals surface area (Å²) in [5, 5.41) is 3.00. The molecule has 3 rings (SSSR count). The number of nitrogens with one attached hydrogen (secondary N) is 1. The molecule has 1 aromatic heterocycles. The van der Waals surface area contributed by atoms with Gasteiger partial charge in [-0.05, 0) is 48.2 Å². The van der Waals surface area contributed by atoms with E-state index in [-0.39, 0.29) is 11.8 Å². The summed E-state index contributed by atoms with van der Waals surface area (Å²) in [6.07, 6.45) is -0.858. The van der Waals surface area contributed by atoms with E-state index < -0.39 is 11.7 Å². The molecule has 1 N–H and O–H groups in total. The summed E-state index contributed by atoms with van der Waals surface area (Å²) in [7, 11) is 1.57. The predicted octanol–water partition coefficient (Wildman–Crippen LogP) is 6.52. The van der Waals surface area contributed by atoms with E-state index in [0.717, 1.165) is 36.7 Å². The number of halogens is 3. The van der Waals surface area contributed by atoms with Crippen molar-refractivity contribution in [2.24, 2.45) is 0 Å². The highest BCUT2D eigenvalue weighted by atomic mass is 19.4. The van der Waals surface area contributed by atoms with Gasteiger partial charge in [0.1, 0.15) is 5.56 Å². The molecule has 158 valence electrons. The van der Waals surface area contributed by atoms with Gasteiger partial charge in [-0.3, -0.25) is 0 Å². The van der Waals surface area contributed by atoms with Crippen molar-refractivity contribution < 1.29 is 13.2 Å². The Balaban J connectivity index is 1.93. The molecule has 0 spiro atoms. The van der Waals surface area contributed by atoms with Crippen LogP contribution in [0.4, 0.5) is 36.3 Å². The quantitative estimate of drug-likeness (QED) is 0.478. The van der Waals surface area contributed by atoms with Gasteiger partial charge in [0.05, 0.1) is 0 Å². The molecule has 0 atom stereocenters. The largest absolute Gasteiger partial charge is 0.421 e. The lowest BCUT2D eigenvalue weighted by Crippen LogP contribution is -2.19. The molecule has 0 fully saturated rings. The number of rotatable bonds is 7. The van der Waals surface area contributed by atoms with Crippen LogP contribution in [0.3, 0.4) is 0 Å². The van der Waals surface area contributed by atoms with Gasteiger partial charge in [0.15, 0.2) is 5.82 Å². The van der Waals surface area contributed by atoms with E-state index in [4.69, 9.17) is 0 Å². The molecule has 0 bridgehead atoms. The van der Waals surface area contributed by atoms with Gasteiger partial charge in [0.2, 0.25) is 5.95 Å². The second-order valence-electron chi connectivity index (χ2n) is 7.08. The number of anilines is 4. The molecule has 0 aliphatic rings. The Kier molecular flexibility index (Phi) is 6.59. The zero-order chi connectivity index (χ0) is 21.7. The number of hydrogen-bond acceptors (Lipinski definition) is 4. The predicted molar refractivity (Wildman–Crippen MR) is 115 cm³/mol. The molecule has 7 heteroatoms. The van der Waals surface area contributed by atoms with E-state index in [1.807, 2.05) is 43.3 Å². The number of aryl methyl sites for hydroxylation is 2. The zero-order valence-electron chi connectivity index (χ0n) is 17.3. The third-order valence-corrected chi connectivity index (χ3v) is 4.87. The lowest BCUT2D eigenvalue weighted by Gasteiger charge is -2.23. The Morgan fingerprint density at radius 2 is 1.57 bits per heavy atom. The Morgan fingerprint density at radius 1 is 0.933 bits per heavy atom. The summed E-state index contributed by atoms with van der Waals surface area (Å²) in [5.41, 5.74) is 2.77. The van der Waals surface area contributed by atoms with Crippen LogP contribution >= 0.6 is 0 Å². The summed E-state index contributed by atoms with van der Waals surface area (Å²) in [5.74, 6) is -0.0925. The van der Waals surface area contributed by atoms with Gasteiger partial charge in [-0.25, -0.2) is 4.98 Å². The highest BCUT2D eigenvalue weighted by Gasteiger charge is 2.36. The number of alkyl halides is 3. The molecule has 4 nitrogen and oxygen atoms in total. The third-order valence-electron chi connectivity index (χ3n) is 4.87. The Morgan fingerprint density at radius 3 is 2.13 bits per heavy atom. The minimum absolute atomic E-state index is 0.110. The third kappa shape index (κ3) is 5.09. The van der Waals surface area contributed by atoms with Gasteiger partial charge in [0.25, 0.3) is 0 Å². The first kappa shape index (κ1) is 21.6. The molecule has 2 aromatic carbocycles. The first-order valence-electron chi connectivity index (χ1n) is 9.94. The summed E-state index contributed by atoms with van der Waals surface area (Å²) < 4.78 is 40.8. The number of nitrogens with zero attached hydrogens (tertiary/aromatic N) is 3. The van der Waals surface area contributed by atoms with Crippen LogP contribution in [0.25, 0.3) is 0 Å². The summed E-state index contributed by atoms with van der Waals surface area (Å²) >= 11 is 0. The second kappa shape index (κ2) is 9.15. The smallest absolute Gasteiger partial charge is 0.329 e. The van der Waals surface area contributed by atoms with Gasteiger partial charge in [-0.15, -0.1) is 0 Å². The number of hydrogen-bond donors (Lipinski definition) is 1. The van der Waals surface area contributed by atoms with Crippen LogP contribution < -0.4 is 10.2 Å². The minimum atomic E-state index is -4.56. The molecule has 0 radical (unpaired) electrons. The SMILES string of the molecule is CCCc1ccc(Nc2ncc(C(F)(F)F)c(N(C)c3ccc(CC)cc3)n2)cc1. The molecule has 0 saturated carbocycles. The van der Waals surface area contributed by atoms with Gasteiger partial charge in [0, 0.05) is 24.6 Å². The van der Waals surface area contributed by atoms with E-state index in [1.165, 1.54) is 10.5 Å². The van der Waals surface area contributed by atoms with Crippen molar-refractivity contribution in [3.63, 3.8) is 0 Å². The summed E-state index contributed by atoms with van der Waals surface area (Å²) in [6, 6.07) is 15.1. The van der Waals surface area contributed by atoms with Gasteiger partial charge >= 0.3 is 6.18 Å². The first-order chi connectivity index (χ1) is 14.3. The second-order valence-corrected chi connectivity index (χ2v) is 7.08. The van der Waals surface area contributed by atoms with Crippen molar-refractivity contribution in [2.75, 3.05) is 17.3 Å². The molecular formula is C23H25F3N4. The number of benzene rings is 2. The van der Waals surface area contributed by atoms with Crippen molar-refractivity contribution in [3.05, 3.63) is 71.4 Å². The van der Waals surface area contributed by atoms with E-state index in [2.05, 4.69) is 22.2 Å². The van der Waals surface area contributed by atoms with Gasteiger partial charge in [-0.2, -0.15) is 18.2 Å². The molecular weight excluding hydrogens is 389 g/mol. The zero-order valence-corrected chi connectivity index (χ0v) is 17.3. The molecule has 1 heterocycles.